The molecule has 1 nitrogen and oxygen atoms in total. The van der Waals surface area contributed by atoms with E-state index in [1.165, 1.54) is 10.8 Å². The fourth-order valence-electron chi connectivity index (χ4n) is 1.45. The molecule has 0 radical (unpaired) electrons. The molecule has 2 N–H and O–H groups in total. The summed E-state index contributed by atoms with van der Waals surface area (Å²) in [5.74, 6) is 0. The second-order valence-electron chi connectivity index (χ2n) is 3.14. The third kappa shape index (κ3) is 1.31. The molecule has 66 valence electrons. The van der Waals surface area contributed by atoms with Crippen molar-refractivity contribution in [2.24, 2.45) is 0 Å². The van der Waals surface area contributed by atoms with Crippen molar-refractivity contribution in [1.29, 1.82) is 0 Å². The number of rotatable bonds is 0. The molecule has 0 aliphatic heterocycles. The molecule has 2 heteroatoms. The smallest absolute Gasteiger partial charge is 0.0494 e. The summed E-state index contributed by atoms with van der Waals surface area (Å²) < 4.78 is 1.00. The monoisotopic (exact) mass is 235 g/mol. The predicted molar refractivity (Wildman–Crippen MR) is 60.8 cm³/mol. The van der Waals surface area contributed by atoms with Crippen molar-refractivity contribution in [2.45, 2.75) is 6.92 Å². The first-order valence-electron chi connectivity index (χ1n) is 4.13. The van der Waals surface area contributed by atoms with Crippen molar-refractivity contribution >= 4 is 32.4 Å². The lowest BCUT2D eigenvalue weighted by Gasteiger charge is -2.06. The molecule has 0 spiro atoms. The van der Waals surface area contributed by atoms with Gasteiger partial charge >= 0.3 is 0 Å². The minimum atomic E-state index is 0.832. The molecule has 0 amide bonds. The summed E-state index contributed by atoms with van der Waals surface area (Å²) in [5.41, 5.74) is 7.85. The summed E-state index contributed by atoms with van der Waals surface area (Å²) in [4.78, 5) is 0. The van der Waals surface area contributed by atoms with E-state index in [0.29, 0.717) is 0 Å². The summed E-state index contributed by atoms with van der Waals surface area (Å²) in [6.07, 6.45) is 0. The Morgan fingerprint density at radius 1 is 1.23 bits per heavy atom. The molecular weight excluding hydrogens is 226 g/mol. The van der Waals surface area contributed by atoms with Crippen molar-refractivity contribution in [3.8, 4) is 0 Å². The summed E-state index contributed by atoms with van der Waals surface area (Å²) in [6.45, 7) is 2.02. The lowest BCUT2D eigenvalue weighted by atomic mass is 10.1. The van der Waals surface area contributed by atoms with E-state index in [-0.39, 0.29) is 0 Å². The van der Waals surface area contributed by atoms with E-state index < -0.39 is 0 Å². The number of fused-ring (bicyclic) bond motifs is 1. The van der Waals surface area contributed by atoms with E-state index in [1.54, 1.807) is 0 Å². The van der Waals surface area contributed by atoms with Crippen LogP contribution in [0.4, 0.5) is 5.69 Å². The average Bonchev–Trinajstić information content (AvgIpc) is 2.15. The summed E-state index contributed by atoms with van der Waals surface area (Å²) >= 11 is 3.51. The first-order valence-corrected chi connectivity index (χ1v) is 4.93. The fraction of sp³-hybridized carbons (Fsp3) is 0.0909. The standard InChI is InChI=1S/C11H10BrN/c1-7-6-8-4-2-3-5-9(8)10(12)11(7)13/h2-6H,13H2,1H3. The Labute approximate surface area is 85.7 Å². The van der Waals surface area contributed by atoms with Crippen molar-refractivity contribution in [3.63, 3.8) is 0 Å². The van der Waals surface area contributed by atoms with Gasteiger partial charge in [-0.05, 0) is 45.3 Å². The van der Waals surface area contributed by atoms with Crippen molar-refractivity contribution < 1.29 is 0 Å². The Bertz CT molecular complexity index is 463. The molecule has 0 bridgehead atoms. The number of nitrogens with two attached hydrogens (primary N) is 1. The quantitative estimate of drug-likeness (QED) is 0.696. The Kier molecular flexibility index (Phi) is 2.00. The number of anilines is 1. The molecule has 0 saturated carbocycles. The molecule has 0 atom stereocenters. The first-order chi connectivity index (χ1) is 6.20. The van der Waals surface area contributed by atoms with Gasteiger partial charge in [0.15, 0.2) is 0 Å². The van der Waals surface area contributed by atoms with Crippen LogP contribution in [0.3, 0.4) is 0 Å². The second kappa shape index (κ2) is 3.04. The highest BCUT2D eigenvalue weighted by atomic mass is 79.9. The number of benzene rings is 2. The van der Waals surface area contributed by atoms with E-state index in [2.05, 4.69) is 34.1 Å². The van der Waals surface area contributed by atoms with Gasteiger partial charge in [-0.2, -0.15) is 0 Å². The van der Waals surface area contributed by atoms with Crippen LogP contribution in [0, 0.1) is 6.92 Å². The van der Waals surface area contributed by atoms with Gasteiger partial charge in [0, 0.05) is 10.2 Å². The number of nitrogen functional groups attached to an aromatic ring is 1. The van der Waals surface area contributed by atoms with Gasteiger partial charge in [0.1, 0.15) is 0 Å². The first kappa shape index (κ1) is 8.57. The molecular formula is C11H10BrN. The molecule has 0 aliphatic rings. The van der Waals surface area contributed by atoms with Crippen LogP contribution in [0.15, 0.2) is 34.8 Å². The third-order valence-corrected chi connectivity index (χ3v) is 3.08. The Morgan fingerprint density at radius 3 is 2.69 bits per heavy atom. The maximum atomic E-state index is 5.90. The van der Waals surface area contributed by atoms with Gasteiger partial charge in [-0.15, -0.1) is 0 Å². The molecule has 0 unspecified atom stereocenters. The van der Waals surface area contributed by atoms with Crippen LogP contribution in [-0.2, 0) is 0 Å². The Morgan fingerprint density at radius 2 is 1.92 bits per heavy atom. The topological polar surface area (TPSA) is 26.0 Å². The molecule has 2 aromatic carbocycles. The fourth-order valence-corrected chi connectivity index (χ4v) is 2.13. The average molecular weight is 236 g/mol. The minimum Gasteiger partial charge on any atom is -0.398 e. The number of halogens is 1. The van der Waals surface area contributed by atoms with Gasteiger partial charge < -0.3 is 5.73 Å². The highest BCUT2D eigenvalue weighted by Gasteiger charge is 2.04. The zero-order chi connectivity index (χ0) is 9.42. The van der Waals surface area contributed by atoms with E-state index in [0.717, 1.165) is 15.7 Å². The summed E-state index contributed by atoms with van der Waals surface area (Å²) in [6, 6.07) is 10.3. The Balaban J connectivity index is 2.94. The van der Waals surface area contributed by atoms with E-state index in [9.17, 15) is 0 Å². The normalized spacial score (nSPS) is 10.6. The van der Waals surface area contributed by atoms with E-state index in [4.69, 9.17) is 5.73 Å². The SMILES string of the molecule is Cc1cc2ccccc2c(Br)c1N. The van der Waals surface area contributed by atoms with Crippen molar-refractivity contribution in [3.05, 3.63) is 40.4 Å². The van der Waals surface area contributed by atoms with Crippen molar-refractivity contribution in [1.82, 2.24) is 0 Å². The molecule has 0 aliphatic carbocycles. The van der Waals surface area contributed by atoms with Gasteiger partial charge in [-0.3, -0.25) is 0 Å². The van der Waals surface area contributed by atoms with Crippen LogP contribution in [0.25, 0.3) is 10.8 Å². The molecule has 0 saturated heterocycles. The van der Waals surface area contributed by atoms with E-state index in [1.807, 2.05) is 19.1 Å². The van der Waals surface area contributed by atoms with Crippen LogP contribution in [0.2, 0.25) is 0 Å². The lowest BCUT2D eigenvalue weighted by Crippen LogP contribution is -1.91. The van der Waals surface area contributed by atoms with Gasteiger partial charge in [0.2, 0.25) is 0 Å². The third-order valence-electron chi connectivity index (χ3n) is 2.23. The number of hydrogen-bond acceptors (Lipinski definition) is 1. The van der Waals surface area contributed by atoms with Crippen LogP contribution >= 0.6 is 15.9 Å². The Hall–Kier alpha value is -1.02. The molecule has 0 aromatic heterocycles. The largest absolute Gasteiger partial charge is 0.398 e. The van der Waals surface area contributed by atoms with Crippen LogP contribution < -0.4 is 5.73 Å². The predicted octanol–water partition coefficient (Wildman–Crippen LogP) is 3.49. The molecule has 13 heavy (non-hydrogen) atoms. The highest BCUT2D eigenvalue weighted by molar-refractivity contribution is 9.10. The second-order valence-corrected chi connectivity index (χ2v) is 3.94. The molecule has 0 heterocycles. The van der Waals surface area contributed by atoms with E-state index >= 15 is 0 Å². The molecule has 2 aromatic rings. The van der Waals surface area contributed by atoms with Crippen LogP contribution in [0.5, 0.6) is 0 Å². The summed E-state index contributed by atoms with van der Waals surface area (Å²) in [5, 5.41) is 2.40. The molecule has 0 fully saturated rings. The zero-order valence-electron chi connectivity index (χ0n) is 7.34. The minimum absolute atomic E-state index is 0.832. The van der Waals surface area contributed by atoms with Crippen LogP contribution in [-0.4, -0.2) is 0 Å². The van der Waals surface area contributed by atoms with Gasteiger partial charge in [0.05, 0.1) is 0 Å². The van der Waals surface area contributed by atoms with Gasteiger partial charge in [-0.1, -0.05) is 24.3 Å². The maximum Gasteiger partial charge on any atom is 0.0494 e. The van der Waals surface area contributed by atoms with Gasteiger partial charge in [0.25, 0.3) is 0 Å². The molecule has 2 rings (SSSR count). The maximum absolute atomic E-state index is 5.90. The van der Waals surface area contributed by atoms with Gasteiger partial charge in [-0.25, -0.2) is 0 Å². The van der Waals surface area contributed by atoms with Crippen molar-refractivity contribution in [2.75, 3.05) is 5.73 Å². The highest BCUT2D eigenvalue weighted by Crippen LogP contribution is 2.31. The zero-order valence-corrected chi connectivity index (χ0v) is 8.93. The lowest BCUT2D eigenvalue weighted by molar-refractivity contribution is 1.49. The number of hydrogen-bond donors (Lipinski definition) is 1. The van der Waals surface area contributed by atoms with Crippen LogP contribution in [0.1, 0.15) is 5.56 Å². The summed E-state index contributed by atoms with van der Waals surface area (Å²) in [7, 11) is 0. The number of aryl methyl sites for hydroxylation is 1.